The molecule has 0 unspecified atom stereocenters. The topological polar surface area (TPSA) is 29.5 Å². The number of hydrogen-bond acceptors (Lipinski definition) is 3. The zero-order chi connectivity index (χ0) is 9.78. The Morgan fingerprint density at radius 2 is 1.69 bits per heavy atom. The summed E-state index contributed by atoms with van der Waals surface area (Å²) in [6, 6.07) is 0. The fourth-order valence-corrected chi connectivity index (χ4v) is 2.01. The smallest absolute Gasteiger partial charge is 0.0470 e. The van der Waals surface area contributed by atoms with Crippen molar-refractivity contribution in [2.75, 3.05) is 31.8 Å². The third-order valence-electron chi connectivity index (χ3n) is 1.83. The number of hydrogen-bond donors (Lipinski definition) is 1. The predicted octanol–water partition coefficient (Wildman–Crippen LogP) is 2.31. The van der Waals surface area contributed by atoms with Crippen LogP contribution in [0.3, 0.4) is 0 Å². The molecule has 0 aromatic rings. The molecule has 0 aliphatic heterocycles. The monoisotopic (exact) mass is 206 g/mol. The molecule has 0 aromatic carbocycles. The van der Waals surface area contributed by atoms with Gasteiger partial charge in [-0.15, -0.1) is 0 Å². The lowest BCUT2D eigenvalue weighted by molar-refractivity contribution is 0.200. The van der Waals surface area contributed by atoms with Crippen molar-refractivity contribution in [1.29, 1.82) is 0 Å². The van der Waals surface area contributed by atoms with Gasteiger partial charge in [-0.3, -0.25) is 0 Å². The molecule has 0 fully saturated rings. The number of ether oxygens (including phenoxy) is 1. The van der Waals surface area contributed by atoms with Crippen molar-refractivity contribution in [3.63, 3.8) is 0 Å². The van der Waals surface area contributed by atoms with Crippen LogP contribution < -0.4 is 0 Å². The maximum Gasteiger partial charge on any atom is 0.0470 e. The van der Waals surface area contributed by atoms with Crippen LogP contribution in [0, 0.1) is 0 Å². The lowest BCUT2D eigenvalue weighted by atomic mass is 10.2. The molecule has 3 heteroatoms. The van der Waals surface area contributed by atoms with Gasteiger partial charge in [0.15, 0.2) is 0 Å². The van der Waals surface area contributed by atoms with Gasteiger partial charge in [-0.1, -0.05) is 12.8 Å². The first-order valence-corrected chi connectivity index (χ1v) is 6.25. The fourth-order valence-electron chi connectivity index (χ4n) is 1.08. The average molecular weight is 206 g/mol. The molecule has 0 radical (unpaired) electrons. The molecule has 2 nitrogen and oxygen atoms in total. The molecule has 0 aliphatic rings. The summed E-state index contributed by atoms with van der Waals surface area (Å²) in [7, 11) is 1.75. The van der Waals surface area contributed by atoms with Crippen molar-refractivity contribution in [2.45, 2.75) is 32.1 Å². The van der Waals surface area contributed by atoms with Crippen LogP contribution in [0.1, 0.15) is 32.1 Å². The van der Waals surface area contributed by atoms with Crippen molar-refractivity contribution in [2.24, 2.45) is 0 Å². The van der Waals surface area contributed by atoms with Crippen LogP contribution in [0.2, 0.25) is 0 Å². The van der Waals surface area contributed by atoms with Gasteiger partial charge in [0, 0.05) is 20.3 Å². The number of aliphatic hydroxyl groups excluding tert-OH is 1. The first-order valence-electron chi connectivity index (χ1n) is 5.09. The van der Waals surface area contributed by atoms with Crippen LogP contribution >= 0.6 is 11.8 Å². The first-order chi connectivity index (χ1) is 6.41. The van der Waals surface area contributed by atoms with E-state index in [1.165, 1.54) is 30.8 Å². The second-order valence-corrected chi connectivity index (χ2v) is 4.32. The van der Waals surface area contributed by atoms with E-state index in [-0.39, 0.29) is 0 Å². The van der Waals surface area contributed by atoms with Gasteiger partial charge in [-0.25, -0.2) is 0 Å². The molecule has 0 aliphatic carbocycles. The molecule has 0 bridgehead atoms. The number of unbranched alkanes of at least 4 members (excludes halogenated alkanes) is 3. The van der Waals surface area contributed by atoms with Crippen molar-refractivity contribution in [3.8, 4) is 0 Å². The molecule has 80 valence electrons. The predicted molar refractivity (Wildman–Crippen MR) is 59.4 cm³/mol. The van der Waals surface area contributed by atoms with E-state index in [2.05, 4.69) is 0 Å². The van der Waals surface area contributed by atoms with Gasteiger partial charge in [0.25, 0.3) is 0 Å². The van der Waals surface area contributed by atoms with E-state index < -0.39 is 0 Å². The summed E-state index contributed by atoms with van der Waals surface area (Å²) in [5.74, 6) is 2.48. The van der Waals surface area contributed by atoms with Crippen molar-refractivity contribution in [1.82, 2.24) is 0 Å². The highest BCUT2D eigenvalue weighted by Gasteiger charge is 1.91. The highest BCUT2D eigenvalue weighted by molar-refractivity contribution is 7.99. The molecule has 0 atom stereocenters. The Labute approximate surface area is 86.1 Å². The van der Waals surface area contributed by atoms with Crippen LogP contribution in [-0.4, -0.2) is 36.9 Å². The van der Waals surface area contributed by atoms with Gasteiger partial charge in [0.1, 0.15) is 0 Å². The molecular formula is C10H22O2S. The fraction of sp³-hybridized carbons (Fsp3) is 1.00. The zero-order valence-corrected chi connectivity index (χ0v) is 9.44. The molecule has 1 N–H and O–H groups in total. The molecule has 0 saturated carbocycles. The second-order valence-electron chi connectivity index (χ2n) is 3.10. The van der Waals surface area contributed by atoms with Crippen LogP contribution in [0.4, 0.5) is 0 Å². The van der Waals surface area contributed by atoms with E-state index in [1.807, 2.05) is 11.8 Å². The van der Waals surface area contributed by atoms with Gasteiger partial charge >= 0.3 is 0 Å². The van der Waals surface area contributed by atoms with Crippen LogP contribution in [0.25, 0.3) is 0 Å². The number of aliphatic hydroxyl groups is 1. The molecule has 0 rings (SSSR count). The summed E-state index contributed by atoms with van der Waals surface area (Å²) in [6.45, 7) is 1.23. The Hall–Kier alpha value is 0.270. The lowest BCUT2D eigenvalue weighted by Crippen LogP contribution is -1.91. The van der Waals surface area contributed by atoms with E-state index in [0.717, 1.165) is 19.4 Å². The molecule has 0 spiro atoms. The van der Waals surface area contributed by atoms with Crippen molar-refractivity contribution in [3.05, 3.63) is 0 Å². The first kappa shape index (κ1) is 13.3. The van der Waals surface area contributed by atoms with Crippen molar-refractivity contribution >= 4 is 11.8 Å². The highest BCUT2D eigenvalue weighted by Crippen LogP contribution is 2.08. The van der Waals surface area contributed by atoms with Crippen LogP contribution in [-0.2, 0) is 4.74 Å². The Bertz CT molecular complexity index is 79.0. The van der Waals surface area contributed by atoms with E-state index in [9.17, 15) is 0 Å². The standard InChI is InChI=1S/C10H22O2S/c1-12-8-6-10-13-9-5-3-2-4-7-11/h11H,2-10H2,1H3. The Kier molecular flexibility index (Phi) is 12.5. The Balaban J connectivity index is 2.76. The Morgan fingerprint density at radius 1 is 1.00 bits per heavy atom. The third kappa shape index (κ3) is 12.3. The van der Waals surface area contributed by atoms with Gasteiger partial charge < -0.3 is 9.84 Å². The summed E-state index contributed by atoms with van der Waals surface area (Å²) in [6.07, 6.45) is 5.86. The van der Waals surface area contributed by atoms with Gasteiger partial charge in [-0.2, -0.15) is 11.8 Å². The molecule has 0 saturated heterocycles. The largest absolute Gasteiger partial charge is 0.396 e. The van der Waals surface area contributed by atoms with Crippen LogP contribution in [0.15, 0.2) is 0 Å². The summed E-state index contributed by atoms with van der Waals surface area (Å²) >= 11 is 2.01. The quantitative estimate of drug-likeness (QED) is 0.556. The maximum absolute atomic E-state index is 8.55. The van der Waals surface area contributed by atoms with E-state index in [4.69, 9.17) is 9.84 Å². The second kappa shape index (κ2) is 12.3. The van der Waals surface area contributed by atoms with E-state index >= 15 is 0 Å². The summed E-state index contributed by atoms with van der Waals surface area (Å²) in [5.41, 5.74) is 0. The van der Waals surface area contributed by atoms with Crippen LogP contribution in [0.5, 0.6) is 0 Å². The molecule has 0 amide bonds. The minimum absolute atomic E-state index is 0.348. The van der Waals surface area contributed by atoms with Crippen molar-refractivity contribution < 1.29 is 9.84 Å². The number of methoxy groups -OCH3 is 1. The van der Waals surface area contributed by atoms with Gasteiger partial charge in [-0.05, 0) is 30.8 Å². The van der Waals surface area contributed by atoms with E-state index in [0.29, 0.717) is 6.61 Å². The highest BCUT2D eigenvalue weighted by atomic mass is 32.2. The summed E-state index contributed by atoms with van der Waals surface area (Å²) < 4.78 is 4.96. The normalized spacial score (nSPS) is 10.6. The maximum atomic E-state index is 8.55. The Morgan fingerprint density at radius 3 is 2.38 bits per heavy atom. The lowest BCUT2D eigenvalue weighted by Gasteiger charge is -2.01. The minimum atomic E-state index is 0.348. The zero-order valence-electron chi connectivity index (χ0n) is 8.63. The SMILES string of the molecule is COCCCSCCCCCCO. The molecule has 0 heterocycles. The number of thioether (sulfide) groups is 1. The van der Waals surface area contributed by atoms with E-state index in [1.54, 1.807) is 7.11 Å². The van der Waals surface area contributed by atoms with Gasteiger partial charge in [0.2, 0.25) is 0 Å². The van der Waals surface area contributed by atoms with Gasteiger partial charge in [0.05, 0.1) is 0 Å². The average Bonchev–Trinajstić information content (AvgIpc) is 2.16. The number of rotatable bonds is 10. The summed E-state index contributed by atoms with van der Waals surface area (Å²) in [5, 5.41) is 8.55. The molecule has 0 aromatic heterocycles. The third-order valence-corrected chi connectivity index (χ3v) is 2.99. The summed E-state index contributed by atoms with van der Waals surface area (Å²) in [4.78, 5) is 0. The molecule has 13 heavy (non-hydrogen) atoms. The molecular weight excluding hydrogens is 184 g/mol. The minimum Gasteiger partial charge on any atom is -0.396 e.